The van der Waals surface area contributed by atoms with Gasteiger partial charge >= 0.3 is 12.1 Å². The number of aliphatic carboxylic acids is 1. The number of nitrogens with zero attached hydrogens (tertiary/aromatic N) is 4. The van der Waals surface area contributed by atoms with E-state index >= 15 is 0 Å². The van der Waals surface area contributed by atoms with Gasteiger partial charge in [0.25, 0.3) is 0 Å². The molecule has 1 saturated carbocycles. The highest BCUT2D eigenvalue weighted by atomic mass is 35.5. The summed E-state index contributed by atoms with van der Waals surface area (Å²) in [4.78, 5) is 25.5. The zero-order valence-electron chi connectivity index (χ0n) is 31.0. The maximum atomic E-state index is 14.8. The van der Waals surface area contributed by atoms with E-state index < -0.39 is 28.8 Å². The standard InChI is InChI=1S/C42H44ClF3N4O5/c1-40(53)22-49(23-40)20-26-11-13-34(47-37(26)54-2)32-9-5-8-31(36(32)43)29-7-4-6-28-25(10-12-30(28)29)17-35-33(42(44,45)46)16-27(38(48-35)55-3)21-50-15-14-24-18-41(50,19-24)39(51)52/h4-9,11,13,16,24-25,53H,10,12,14-15,17-23H2,1-3H3,(H,51,52)/t24?,25-,41?/m1/s1. The Bertz CT molecular complexity index is 2150. The summed E-state index contributed by atoms with van der Waals surface area (Å²) >= 11 is 7.15. The second kappa shape index (κ2) is 14.1. The number of hydrogen-bond donors (Lipinski definition) is 2. The van der Waals surface area contributed by atoms with E-state index in [1.54, 1.807) is 12.0 Å². The number of piperidine rings is 2. The van der Waals surface area contributed by atoms with Crippen molar-refractivity contribution in [2.24, 2.45) is 5.92 Å². The summed E-state index contributed by atoms with van der Waals surface area (Å²) in [6.07, 6.45) is -1.49. The topological polar surface area (TPSA) is 108 Å². The van der Waals surface area contributed by atoms with Crippen LogP contribution in [0.5, 0.6) is 11.8 Å². The van der Waals surface area contributed by atoms with Crippen LogP contribution in [0.3, 0.4) is 0 Å². The van der Waals surface area contributed by atoms with Gasteiger partial charge in [-0.05, 0) is 92.7 Å². The molecule has 3 aliphatic heterocycles. The number of carbonyl (C=O) groups is 1. The quantitative estimate of drug-likeness (QED) is 0.158. The molecule has 2 aliphatic carbocycles. The van der Waals surface area contributed by atoms with Crippen molar-refractivity contribution in [2.45, 2.75) is 81.8 Å². The lowest BCUT2D eigenvalue weighted by Gasteiger charge is -2.56. The fourth-order valence-corrected chi connectivity index (χ4v) is 9.81. The summed E-state index contributed by atoms with van der Waals surface area (Å²) in [7, 11) is 2.97. The second-order valence-corrected chi connectivity index (χ2v) is 16.3. The normalized spacial score (nSPS) is 23.1. The van der Waals surface area contributed by atoms with E-state index in [1.807, 2.05) is 55.5 Å². The molecule has 3 saturated heterocycles. The predicted molar refractivity (Wildman–Crippen MR) is 201 cm³/mol. The first-order valence-electron chi connectivity index (χ1n) is 18.7. The summed E-state index contributed by atoms with van der Waals surface area (Å²) in [5.41, 5.74) is 3.60. The maximum absolute atomic E-state index is 14.8. The van der Waals surface area contributed by atoms with Crippen LogP contribution in [0.4, 0.5) is 13.2 Å². The number of hydrogen-bond acceptors (Lipinski definition) is 8. The molecule has 1 atom stereocenters. The summed E-state index contributed by atoms with van der Waals surface area (Å²) < 4.78 is 55.5. The van der Waals surface area contributed by atoms with Crippen LogP contribution < -0.4 is 9.47 Å². The number of benzene rings is 2. The van der Waals surface area contributed by atoms with Crippen molar-refractivity contribution >= 4 is 17.6 Å². The van der Waals surface area contributed by atoms with Gasteiger partial charge in [-0.3, -0.25) is 14.6 Å². The Morgan fingerprint density at radius 3 is 2.33 bits per heavy atom. The molecule has 0 radical (unpaired) electrons. The first kappa shape index (κ1) is 37.7. The Hall–Kier alpha value is -4.23. The average molecular weight is 777 g/mol. The van der Waals surface area contributed by atoms with Crippen molar-refractivity contribution < 1.29 is 37.7 Å². The van der Waals surface area contributed by atoms with Crippen LogP contribution in [0.2, 0.25) is 5.02 Å². The highest BCUT2D eigenvalue weighted by Gasteiger charge is 2.57. The Kier molecular flexibility index (Phi) is 9.63. The number of fused-ring (bicyclic) bond motifs is 3. The lowest BCUT2D eigenvalue weighted by atomic mass is 9.62. The molecular formula is C42H44ClF3N4O5. The van der Waals surface area contributed by atoms with Crippen LogP contribution in [0.15, 0.2) is 54.6 Å². The summed E-state index contributed by atoms with van der Waals surface area (Å²) in [6, 6.07) is 16.7. The molecule has 0 spiro atoms. The van der Waals surface area contributed by atoms with E-state index in [0.29, 0.717) is 74.4 Å². The van der Waals surface area contributed by atoms with Crippen LogP contribution in [0.1, 0.15) is 72.0 Å². The smallest absolute Gasteiger partial charge is 0.418 e. The van der Waals surface area contributed by atoms with Crippen molar-refractivity contribution in [3.63, 3.8) is 0 Å². The highest BCUT2D eigenvalue weighted by molar-refractivity contribution is 6.36. The number of carboxylic acid groups (broad SMARTS) is 1. The third kappa shape index (κ3) is 6.85. The van der Waals surface area contributed by atoms with Crippen molar-refractivity contribution in [1.29, 1.82) is 0 Å². The number of alkyl halides is 3. The molecule has 5 aliphatic rings. The third-order valence-electron chi connectivity index (χ3n) is 12.1. The van der Waals surface area contributed by atoms with Crippen molar-refractivity contribution in [3.05, 3.63) is 93.1 Å². The van der Waals surface area contributed by atoms with E-state index in [4.69, 9.17) is 26.1 Å². The fourth-order valence-electron chi connectivity index (χ4n) is 9.48. The Balaban J connectivity index is 1.07. The van der Waals surface area contributed by atoms with E-state index in [1.165, 1.54) is 7.11 Å². The van der Waals surface area contributed by atoms with Gasteiger partial charge in [-0.1, -0.05) is 54.1 Å². The number of methoxy groups -OCH3 is 2. The lowest BCUT2D eigenvalue weighted by molar-refractivity contribution is -0.172. The number of ether oxygens (including phenoxy) is 2. The first-order chi connectivity index (χ1) is 26.2. The Labute approximate surface area is 323 Å². The molecule has 0 amide bonds. The van der Waals surface area contributed by atoms with Crippen molar-refractivity contribution in [3.8, 4) is 34.1 Å². The molecule has 5 heterocycles. The van der Waals surface area contributed by atoms with E-state index in [-0.39, 0.29) is 36.0 Å². The zero-order chi connectivity index (χ0) is 38.9. The number of β-amino-alcohol motifs (C(OH)–C–C–N with tert-alkyl or cyclic N) is 1. The molecule has 4 fully saturated rings. The van der Waals surface area contributed by atoms with Crippen molar-refractivity contribution in [2.75, 3.05) is 33.9 Å². The monoisotopic (exact) mass is 776 g/mol. The van der Waals surface area contributed by atoms with Crippen molar-refractivity contribution in [1.82, 2.24) is 19.8 Å². The van der Waals surface area contributed by atoms with Crippen LogP contribution in [0.25, 0.3) is 22.4 Å². The second-order valence-electron chi connectivity index (χ2n) is 16.0. The van der Waals surface area contributed by atoms with Gasteiger partial charge in [0.15, 0.2) is 0 Å². The summed E-state index contributed by atoms with van der Waals surface area (Å²) in [5.74, 6) is -0.240. The summed E-state index contributed by atoms with van der Waals surface area (Å²) in [6.45, 7) is 4.08. The van der Waals surface area contributed by atoms with Gasteiger partial charge in [-0.15, -0.1) is 0 Å². The van der Waals surface area contributed by atoms with Gasteiger partial charge in [0.2, 0.25) is 11.8 Å². The van der Waals surface area contributed by atoms with Gasteiger partial charge < -0.3 is 19.7 Å². The third-order valence-corrected chi connectivity index (χ3v) is 12.5. The minimum Gasteiger partial charge on any atom is -0.481 e. The predicted octanol–water partition coefficient (Wildman–Crippen LogP) is 7.78. The van der Waals surface area contributed by atoms with Gasteiger partial charge in [-0.25, -0.2) is 9.97 Å². The molecule has 9 rings (SSSR count). The molecule has 2 aromatic heterocycles. The van der Waals surface area contributed by atoms with Gasteiger partial charge in [-0.2, -0.15) is 13.2 Å². The van der Waals surface area contributed by atoms with Gasteiger partial charge in [0.1, 0.15) is 5.54 Å². The van der Waals surface area contributed by atoms with Gasteiger partial charge in [0, 0.05) is 48.4 Å². The molecule has 13 heteroatoms. The minimum absolute atomic E-state index is 0.0171. The number of halogens is 4. The number of aromatic nitrogens is 2. The van der Waals surface area contributed by atoms with Crippen LogP contribution >= 0.6 is 11.6 Å². The molecule has 290 valence electrons. The Morgan fingerprint density at radius 2 is 1.64 bits per heavy atom. The lowest BCUT2D eigenvalue weighted by Crippen LogP contribution is -2.66. The molecule has 2 bridgehead atoms. The number of carboxylic acids is 1. The average Bonchev–Trinajstić information content (AvgIpc) is 3.53. The van der Waals surface area contributed by atoms with E-state index in [0.717, 1.165) is 45.9 Å². The number of likely N-dealkylation sites (tertiary alicyclic amines) is 1. The minimum atomic E-state index is -4.67. The fraction of sp³-hybridized carbons (Fsp3) is 0.452. The molecule has 2 aromatic carbocycles. The molecule has 55 heavy (non-hydrogen) atoms. The van der Waals surface area contributed by atoms with Crippen LogP contribution in [-0.2, 0) is 36.9 Å². The zero-order valence-corrected chi connectivity index (χ0v) is 31.8. The van der Waals surface area contributed by atoms with Crippen LogP contribution in [0, 0.1) is 5.92 Å². The SMILES string of the molecule is COc1nc(-c2cccc(-c3cccc4c3CC[C@@H]4Cc3nc(OC)c(CN4CCC5CC4(C(=O)O)C5)cc3C(F)(F)F)c2Cl)ccc1CN1CC(C)(O)C1. The number of pyridine rings is 2. The largest absolute Gasteiger partial charge is 0.481 e. The number of aliphatic hydroxyl groups is 1. The number of rotatable bonds is 11. The molecule has 4 aromatic rings. The summed E-state index contributed by atoms with van der Waals surface area (Å²) in [5, 5.41) is 20.7. The maximum Gasteiger partial charge on any atom is 0.418 e. The molecular weight excluding hydrogens is 733 g/mol. The Morgan fingerprint density at radius 1 is 0.945 bits per heavy atom. The molecule has 2 N–H and O–H groups in total. The van der Waals surface area contributed by atoms with E-state index in [9.17, 15) is 28.2 Å². The van der Waals surface area contributed by atoms with Gasteiger partial charge in [0.05, 0.1) is 41.8 Å². The first-order valence-corrected chi connectivity index (χ1v) is 19.1. The highest BCUT2D eigenvalue weighted by Crippen LogP contribution is 2.50. The molecule has 0 unspecified atom stereocenters. The van der Waals surface area contributed by atoms with Crippen LogP contribution in [-0.4, -0.2) is 80.9 Å². The van der Waals surface area contributed by atoms with E-state index in [2.05, 4.69) is 9.88 Å². The molecule has 9 nitrogen and oxygen atoms in total.